The molecule has 1 unspecified atom stereocenters. The summed E-state index contributed by atoms with van der Waals surface area (Å²) in [7, 11) is 0. The van der Waals surface area contributed by atoms with Gasteiger partial charge >= 0.3 is 0 Å². The Labute approximate surface area is 178 Å². The van der Waals surface area contributed by atoms with E-state index in [0.717, 1.165) is 13.0 Å². The number of carbonyl (C=O) groups excluding carboxylic acids is 1. The monoisotopic (exact) mass is 426 g/mol. The number of piperidine rings is 1. The zero-order valence-corrected chi connectivity index (χ0v) is 16.8. The van der Waals surface area contributed by atoms with Crippen molar-refractivity contribution in [1.29, 1.82) is 0 Å². The largest absolute Gasteiger partial charge is 0.436 e. The number of rotatable bonds is 5. The average Bonchev–Trinajstić information content (AvgIpc) is 2.77. The summed E-state index contributed by atoms with van der Waals surface area (Å²) in [4.78, 5) is 23.5. The third-order valence-electron chi connectivity index (χ3n) is 4.89. The SMILES string of the molecule is O=C(Nc1ccc(Cl)cc1F)C1CCCN(c2nccnc2Oc2ccccc2)C1. The van der Waals surface area contributed by atoms with E-state index in [9.17, 15) is 9.18 Å². The third kappa shape index (κ3) is 4.68. The molecule has 154 valence electrons. The van der Waals surface area contributed by atoms with Crippen LogP contribution in [0.3, 0.4) is 0 Å². The minimum absolute atomic E-state index is 0.120. The molecule has 1 aliphatic heterocycles. The first kappa shape index (κ1) is 20.1. The first-order valence-corrected chi connectivity index (χ1v) is 10.0. The van der Waals surface area contributed by atoms with Gasteiger partial charge in [-0.25, -0.2) is 14.4 Å². The Kier molecular flexibility index (Phi) is 6.09. The van der Waals surface area contributed by atoms with E-state index in [2.05, 4.69) is 15.3 Å². The van der Waals surface area contributed by atoms with Gasteiger partial charge in [-0.2, -0.15) is 0 Å². The second-order valence-corrected chi connectivity index (χ2v) is 7.44. The fourth-order valence-corrected chi connectivity index (χ4v) is 3.57. The van der Waals surface area contributed by atoms with Crippen LogP contribution >= 0.6 is 11.6 Å². The van der Waals surface area contributed by atoms with Crippen LogP contribution in [0.1, 0.15) is 12.8 Å². The molecule has 0 bridgehead atoms. The summed E-state index contributed by atoms with van der Waals surface area (Å²) in [6, 6.07) is 13.5. The lowest BCUT2D eigenvalue weighted by molar-refractivity contribution is -0.120. The van der Waals surface area contributed by atoms with Gasteiger partial charge in [-0.15, -0.1) is 0 Å². The van der Waals surface area contributed by atoms with Gasteiger partial charge in [0.05, 0.1) is 11.6 Å². The molecule has 3 aromatic rings. The Morgan fingerprint density at radius 1 is 1.17 bits per heavy atom. The summed E-state index contributed by atoms with van der Waals surface area (Å²) < 4.78 is 19.9. The predicted molar refractivity (Wildman–Crippen MR) is 114 cm³/mol. The van der Waals surface area contributed by atoms with Crippen LogP contribution in [0.15, 0.2) is 60.9 Å². The number of nitrogens with zero attached hydrogens (tertiary/aromatic N) is 3. The van der Waals surface area contributed by atoms with Gasteiger partial charge in [0.15, 0.2) is 5.82 Å². The Morgan fingerprint density at radius 2 is 1.97 bits per heavy atom. The Bertz CT molecular complexity index is 1030. The van der Waals surface area contributed by atoms with E-state index in [-0.39, 0.29) is 22.5 Å². The van der Waals surface area contributed by atoms with Gasteiger partial charge in [0.2, 0.25) is 5.91 Å². The quantitative estimate of drug-likeness (QED) is 0.627. The van der Waals surface area contributed by atoms with Crippen molar-refractivity contribution in [2.75, 3.05) is 23.3 Å². The molecule has 1 N–H and O–H groups in total. The minimum Gasteiger partial charge on any atom is -0.436 e. The van der Waals surface area contributed by atoms with Gasteiger partial charge in [0.25, 0.3) is 5.88 Å². The lowest BCUT2D eigenvalue weighted by atomic mass is 9.97. The van der Waals surface area contributed by atoms with Crippen molar-refractivity contribution in [3.8, 4) is 11.6 Å². The van der Waals surface area contributed by atoms with Crippen molar-refractivity contribution < 1.29 is 13.9 Å². The Morgan fingerprint density at radius 3 is 2.77 bits per heavy atom. The lowest BCUT2D eigenvalue weighted by Crippen LogP contribution is -2.41. The molecular weight excluding hydrogens is 407 g/mol. The standard InChI is InChI=1S/C22H20ClFN4O2/c23-16-8-9-19(18(24)13-16)27-21(29)15-5-4-12-28(14-15)20-22(26-11-10-25-20)30-17-6-2-1-3-7-17/h1-3,6-11,13,15H,4-5,12,14H2,(H,27,29). The fourth-order valence-electron chi connectivity index (χ4n) is 3.42. The minimum atomic E-state index is -0.559. The summed E-state index contributed by atoms with van der Waals surface area (Å²) in [6.07, 6.45) is 4.66. The molecule has 1 aliphatic rings. The molecule has 0 radical (unpaired) electrons. The number of nitrogens with one attached hydrogen (secondary N) is 1. The first-order valence-electron chi connectivity index (χ1n) is 9.65. The van der Waals surface area contributed by atoms with E-state index < -0.39 is 5.82 Å². The zero-order valence-electron chi connectivity index (χ0n) is 16.1. The van der Waals surface area contributed by atoms with Crippen LogP contribution in [0.25, 0.3) is 0 Å². The fraction of sp³-hybridized carbons (Fsp3) is 0.227. The van der Waals surface area contributed by atoms with Gasteiger partial charge < -0.3 is 15.0 Å². The van der Waals surface area contributed by atoms with Crippen molar-refractivity contribution in [2.45, 2.75) is 12.8 Å². The number of carbonyl (C=O) groups is 1. The summed E-state index contributed by atoms with van der Waals surface area (Å²) in [5.41, 5.74) is 0.120. The van der Waals surface area contributed by atoms with Crippen LogP contribution in [-0.4, -0.2) is 29.0 Å². The maximum Gasteiger partial charge on any atom is 0.263 e. The number of amides is 1. The predicted octanol–water partition coefficient (Wildman–Crippen LogP) is 4.92. The summed E-state index contributed by atoms with van der Waals surface area (Å²) in [6.45, 7) is 1.16. The smallest absolute Gasteiger partial charge is 0.263 e. The molecule has 2 heterocycles. The molecule has 4 rings (SSSR count). The molecule has 8 heteroatoms. The normalized spacial score (nSPS) is 16.2. The molecule has 1 atom stereocenters. The van der Waals surface area contributed by atoms with Crippen molar-refractivity contribution in [1.82, 2.24) is 9.97 Å². The lowest BCUT2D eigenvalue weighted by Gasteiger charge is -2.33. The number of halogens is 2. The molecule has 1 saturated heterocycles. The van der Waals surface area contributed by atoms with Gasteiger partial charge in [-0.05, 0) is 43.2 Å². The molecule has 30 heavy (non-hydrogen) atoms. The topological polar surface area (TPSA) is 67.4 Å². The second-order valence-electron chi connectivity index (χ2n) is 7.00. The Balaban J connectivity index is 1.48. The molecule has 2 aromatic carbocycles. The van der Waals surface area contributed by atoms with Gasteiger partial charge in [-0.3, -0.25) is 4.79 Å². The van der Waals surface area contributed by atoms with E-state index >= 15 is 0 Å². The van der Waals surface area contributed by atoms with Crippen LogP contribution in [-0.2, 0) is 4.79 Å². The molecule has 1 fully saturated rings. The summed E-state index contributed by atoms with van der Waals surface area (Å²) in [5.74, 6) is 0.500. The number of para-hydroxylation sites is 1. The number of aromatic nitrogens is 2. The highest BCUT2D eigenvalue weighted by Gasteiger charge is 2.29. The number of hydrogen-bond donors (Lipinski definition) is 1. The van der Waals surface area contributed by atoms with Crippen LogP contribution < -0.4 is 15.0 Å². The van der Waals surface area contributed by atoms with Crippen molar-refractivity contribution >= 4 is 29.0 Å². The van der Waals surface area contributed by atoms with Crippen LogP contribution in [0.4, 0.5) is 15.9 Å². The van der Waals surface area contributed by atoms with Crippen LogP contribution in [0.2, 0.25) is 5.02 Å². The molecule has 6 nitrogen and oxygen atoms in total. The molecular formula is C22H20ClFN4O2. The molecule has 1 amide bonds. The molecule has 0 spiro atoms. The Hall–Kier alpha value is -3.19. The summed E-state index contributed by atoms with van der Waals surface area (Å²) in [5, 5.41) is 2.95. The highest BCUT2D eigenvalue weighted by atomic mass is 35.5. The van der Waals surface area contributed by atoms with Crippen molar-refractivity contribution in [2.24, 2.45) is 5.92 Å². The van der Waals surface area contributed by atoms with E-state index in [1.54, 1.807) is 18.5 Å². The number of benzene rings is 2. The molecule has 1 aromatic heterocycles. The highest BCUT2D eigenvalue weighted by Crippen LogP contribution is 2.31. The number of hydrogen-bond acceptors (Lipinski definition) is 5. The van der Waals surface area contributed by atoms with Crippen molar-refractivity contribution in [3.63, 3.8) is 0 Å². The molecule has 0 aliphatic carbocycles. The van der Waals surface area contributed by atoms with E-state index in [1.807, 2.05) is 35.2 Å². The summed E-state index contributed by atoms with van der Waals surface area (Å²) >= 11 is 5.78. The van der Waals surface area contributed by atoms with Crippen LogP contribution in [0.5, 0.6) is 11.6 Å². The second kappa shape index (κ2) is 9.09. The third-order valence-corrected chi connectivity index (χ3v) is 5.12. The van der Waals surface area contributed by atoms with E-state index in [4.69, 9.17) is 16.3 Å². The maximum atomic E-state index is 14.0. The van der Waals surface area contributed by atoms with E-state index in [0.29, 0.717) is 30.4 Å². The highest BCUT2D eigenvalue weighted by molar-refractivity contribution is 6.30. The van der Waals surface area contributed by atoms with Gasteiger partial charge in [-0.1, -0.05) is 29.8 Å². The van der Waals surface area contributed by atoms with Gasteiger partial charge in [0.1, 0.15) is 11.6 Å². The van der Waals surface area contributed by atoms with E-state index in [1.165, 1.54) is 12.1 Å². The van der Waals surface area contributed by atoms with Gasteiger partial charge in [0, 0.05) is 30.5 Å². The number of ether oxygens (including phenoxy) is 1. The van der Waals surface area contributed by atoms with Crippen molar-refractivity contribution in [3.05, 3.63) is 71.8 Å². The number of anilines is 2. The molecule has 0 saturated carbocycles. The average molecular weight is 427 g/mol. The van der Waals surface area contributed by atoms with Crippen LogP contribution in [0, 0.1) is 11.7 Å². The maximum absolute atomic E-state index is 14.0. The zero-order chi connectivity index (χ0) is 20.9. The first-order chi connectivity index (χ1) is 14.6.